The van der Waals surface area contributed by atoms with E-state index < -0.39 is 11.9 Å². The largest absolute Gasteiger partial charge is 0.478 e. The minimum Gasteiger partial charge on any atom is -0.478 e. The summed E-state index contributed by atoms with van der Waals surface area (Å²) in [6, 6.07) is 0. The molecule has 0 aromatic heterocycles. The third-order valence-electron chi connectivity index (χ3n) is 6.60. The van der Waals surface area contributed by atoms with Gasteiger partial charge in [0.2, 0.25) is 0 Å². The van der Waals surface area contributed by atoms with Crippen LogP contribution in [0.4, 0.5) is 0 Å². The number of ether oxygens (including phenoxy) is 1. The number of aliphatic carboxylic acids is 1. The molecular weight excluding hydrogens is 304 g/mol. The zero-order chi connectivity index (χ0) is 17.8. The maximum Gasteiger partial charge on any atom is 0.331 e. The minimum absolute atomic E-state index is 0.360. The summed E-state index contributed by atoms with van der Waals surface area (Å²) in [6.45, 7) is 6.99. The predicted molar refractivity (Wildman–Crippen MR) is 93.6 cm³/mol. The Hall–Kier alpha value is -1.32. The Bertz CT molecular complexity index is 478. The van der Waals surface area contributed by atoms with Crippen LogP contribution in [0.2, 0.25) is 0 Å². The van der Waals surface area contributed by atoms with Crippen molar-refractivity contribution in [2.24, 2.45) is 17.3 Å². The topological polar surface area (TPSA) is 63.6 Å². The van der Waals surface area contributed by atoms with Crippen molar-refractivity contribution in [1.29, 1.82) is 0 Å². The highest BCUT2D eigenvalue weighted by Gasteiger charge is 2.46. The number of carbonyl (C=O) groups excluding carboxylic acids is 1. The molecule has 24 heavy (non-hydrogen) atoms. The van der Waals surface area contributed by atoms with Crippen LogP contribution in [0.15, 0.2) is 12.2 Å². The number of hydrogen-bond acceptors (Lipinski definition) is 3. The van der Waals surface area contributed by atoms with Crippen LogP contribution in [0.3, 0.4) is 0 Å². The SMILES string of the molecule is CCC(C)(C)C1CCC(C2(OC(=O)/C=C/C(=O)O)CCCC2)CC1. The van der Waals surface area contributed by atoms with Gasteiger partial charge in [-0.1, -0.05) is 27.2 Å². The van der Waals surface area contributed by atoms with Gasteiger partial charge in [0.05, 0.1) is 0 Å². The summed E-state index contributed by atoms with van der Waals surface area (Å²) in [6.07, 6.45) is 11.8. The van der Waals surface area contributed by atoms with Crippen LogP contribution in [0.5, 0.6) is 0 Å². The van der Waals surface area contributed by atoms with E-state index in [2.05, 4.69) is 20.8 Å². The smallest absolute Gasteiger partial charge is 0.331 e. The monoisotopic (exact) mass is 336 g/mol. The molecule has 0 bridgehead atoms. The van der Waals surface area contributed by atoms with Gasteiger partial charge in [0, 0.05) is 12.2 Å². The lowest BCUT2D eigenvalue weighted by Crippen LogP contribution is -2.43. The molecule has 1 N–H and O–H groups in total. The van der Waals surface area contributed by atoms with Gasteiger partial charge in [0.25, 0.3) is 0 Å². The van der Waals surface area contributed by atoms with E-state index in [4.69, 9.17) is 9.84 Å². The molecule has 4 nitrogen and oxygen atoms in total. The lowest BCUT2D eigenvalue weighted by molar-refractivity contribution is -0.162. The fourth-order valence-electron chi connectivity index (χ4n) is 4.63. The van der Waals surface area contributed by atoms with E-state index in [-0.39, 0.29) is 5.60 Å². The van der Waals surface area contributed by atoms with Crippen LogP contribution in [-0.4, -0.2) is 22.6 Å². The van der Waals surface area contributed by atoms with Gasteiger partial charge in [-0.3, -0.25) is 0 Å². The Morgan fingerprint density at radius 3 is 2.21 bits per heavy atom. The second-order valence-electron chi connectivity index (χ2n) is 8.26. The van der Waals surface area contributed by atoms with Crippen LogP contribution in [0.25, 0.3) is 0 Å². The average Bonchev–Trinajstić information content (AvgIpc) is 3.02. The van der Waals surface area contributed by atoms with Gasteiger partial charge in [-0.05, 0) is 68.6 Å². The number of rotatable bonds is 6. The Morgan fingerprint density at radius 1 is 1.12 bits per heavy atom. The standard InChI is InChI=1S/C20H32O4/c1-4-19(2,3)15-7-9-16(10-8-15)20(13-5-6-14-20)24-18(23)12-11-17(21)22/h11-12,15-16H,4-10,13-14H2,1-3H3,(H,21,22)/b12-11+. The first-order valence-corrected chi connectivity index (χ1v) is 9.43. The van der Waals surface area contributed by atoms with E-state index in [9.17, 15) is 9.59 Å². The number of carboxylic acid groups (broad SMARTS) is 1. The minimum atomic E-state index is -1.12. The number of hydrogen-bond donors (Lipinski definition) is 1. The van der Waals surface area contributed by atoms with Gasteiger partial charge in [0.15, 0.2) is 0 Å². The second kappa shape index (κ2) is 7.71. The molecule has 0 amide bonds. The third-order valence-corrected chi connectivity index (χ3v) is 6.60. The zero-order valence-electron chi connectivity index (χ0n) is 15.3. The Balaban J connectivity index is 2.01. The van der Waals surface area contributed by atoms with Gasteiger partial charge in [-0.15, -0.1) is 0 Å². The Kier molecular flexibility index (Phi) is 6.11. The van der Waals surface area contributed by atoms with Gasteiger partial charge >= 0.3 is 11.9 Å². The molecule has 0 radical (unpaired) electrons. The lowest BCUT2D eigenvalue weighted by Gasteiger charge is -2.44. The van der Waals surface area contributed by atoms with E-state index in [1.165, 1.54) is 19.3 Å². The van der Waals surface area contributed by atoms with Crippen molar-refractivity contribution in [2.45, 2.75) is 84.2 Å². The highest BCUT2D eigenvalue weighted by molar-refractivity contribution is 5.90. The summed E-state index contributed by atoms with van der Waals surface area (Å²) >= 11 is 0. The molecule has 2 fully saturated rings. The zero-order valence-corrected chi connectivity index (χ0v) is 15.3. The molecule has 2 aliphatic carbocycles. The van der Waals surface area contributed by atoms with Crippen LogP contribution in [0, 0.1) is 17.3 Å². The average molecular weight is 336 g/mol. The van der Waals surface area contributed by atoms with E-state index in [1.807, 2.05) is 0 Å². The molecule has 2 saturated carbocycles. The number of esters is 1. The molecule has 136 valence electrons. The molecule has 0 aromatic carbocycles. The van der Waals surface area contributed by atoms with Gasteiger partial charge in [-0.2, -0.15) is 0 Å². The van der Waals surface area contributed by atoms with E-state index in [0.29, 0.717) is 11.3 Å². The maximum absolute atomic E-state index is 12.0. The highest BCUT2D eigenvalue weighted by atomic mass is 16.6. The molecule has 0 aromatic rings. The van der Waals surface area contributed by atoms with Crippen LogP contribution in [0.1, 0.15) is 78.6 Å². The summed E-state index contributed by atoms with van der Waals surface area (Å²) in [7, 11) is 0. The molecule has 4 heteroatoms. The first-order chi connectivity index (χ1) is 11.3. The summed E-state index contributed by atoms with van der Waals surface area (Å²) < 4.78 is 5.85. The normalized spacial score (nSPS) is 27.3. The van der Waals surface area contributed by atoms with Gasteiger partial charge in [-0.25, -0.2) is 9.59 Å². The third kappa shape index (κ3) is 4.40. The summed E-state index contributed by atoms with van der Waals surface area (Å²) in [5.41, 5.74) is 0.0238. The van der Waals surface area contributed by atoms with Crippen LogP contribution in [-0.2, 0) is 14.3 Å². The van der Waals surface area contributed by atoms with Gasteiger partial charge in [0.1, 0.15) is 5.60 Å². The van der Waals surface area contributed by atoms with E-state index in [0.717, 1.165) is 56.6 Å². The van der Waals surface area contributed by atoms with Crippen molar-refractivity contribution in [3.63, 3.8) is 0 Å². The first-order valence-electron chi connectivity index (χ1n) is 9.43. The Labute approximate surface area is 145 Å². The molecule has 0 unspecified atom stereocenters. The van der Waals surface area contributed by atoms with Crippen molar-refractivity contribution in [1.82, 2.24) is 0 Å². The molecular formula is C20H32O4. The number of carbonyl (C=O) groups is 2. The predicted octanol–water partition coefficient (Wildman–Crippen LogP) is 4.73. The highest BCUT2D eigenvalue weighted by Crippen LogP contribution is 2.50. The molecule has 0 atom stereocenters. The fourth-order valence-corrected chi connectivity index (χ4v) is 4.63. The summed E-state index contributed by atoms with van der Waals surface area (Å²) in [4.78, 5) is 22.6. The van der Waals surface area contributed by atoms with Gasteiger partial charge < -0.3 is 9.84 Å². The molecule has 0 saturated heterocycles. The van der Waals surface area contributed by atoms with Crippen molar-refractivity contribution < 1.29 is 19.4 Å². The second-order valence-corrected chi connectivity index (χ2v) is 8.26. The van der Waals surface area contributed by atoms with Crippen molar-refractivity contribution in [3.05, 3.63) is 12.2 Å². The van der Waals surface area contributed by atoms with Crippen molar-refractivity contribution in [2.75, 3.05) is 0 Å². The Morgan fingerprint density at radius 2 is 1.71 bits per heavy atom. The summed E-state index contributed by atoms with van der Waals surface area (Å²) in [5.74, 6) is -0.448. The molecule has 2 aliphatic rings. The summed E-state index contributed by atoms with van der Waals surface area (Å²) in [5, 5.41) is 8.67. The van der Waals surface area contributed by atoms with Crippen molar-refractivity contribution >= 4 is 11.9 Å². The van der Waals surface area contributed by atoms with Crippen molar-refractivity contribution in [3.8, 4) is 0 Å². The fraction of sp³-hybridized carbons (Fsp3) is 0.800. The molecule has 0 aliphatic heterocycles. The van der Waals surface area contributed by atoms with Crippen LogP contribution < -0.4 is 0 Å². The van der Waals surface area contributed by atoms with E-state index in [1.54, 1.807) is 0 Å². The number of carboxylic acids is 1. The maximum atomic E-state index is 12.0. The lowest BCUT2D eigenvalue weighted by atomic mass is 9.64. The molecule has 0 heterocycles. The van der Waals surface area contributed by atoms with Crippen LogP contribution >= 0.6 is 0 Å². The first kappa shape index (κ1) is 19.0. The molecule has 2 rings (SSSR count). The quantitative estimate of drug-likeness (QED) is 0.563. The van der Waals surface area contributed by atoms with E-state index >= 15 is 0 Å². The molecule has 0 spiro atoms.